The van der Waals surface area contributed by atoms with Gasteiger partial charge in [0.25, 0.3) is 0 Å². The second-order valence-corrected chi connectivity index (χ2v) is 25.9. The van der Waals surface area contributed by atoms with Gasteiger partial charge < -0.3 is 63.2 Å². The third-order valence-electron chi connectivity index (χ3n) is 14.6. The number of hydrogen-bond donors (Lipinski definition) is 11. The van der Waals surface area contributed by atoms with Crippen molar-refractivity contribution in [3.63, 3.8) is 0 Å². The first-order valence-corrected chi connectivity index (χ1v) is 30.1. The largest absolute Gasteiger partial charge is 0.390 e. The first kappa shape index (κ1) is 75.8. The second kappa shape index (κ2) is 35.3. The van der Waals surface area contributed by atoms with Gasteiger partial charge in [-0.15, -0.1) is 0 Å². The van der Waals surface area contributed by atoms with Crippen LogP contribution in [0.2, 0.25) is 0 Å². The molecule has 23 nitrogen and oxygen atoms in total. The monoisotopic (exact) mass is 1190 g/mol. The molecule has 10 atom stereocenters. The van der Waals surface area contributed by atoms with Gasteiger partial charge in [-0.3, -0.25) is 52.7 Å². The molecule has 1 saturated heterocycles. The van der Waals surface area contributed by atoms with Crippen LogP contribution in [0.1, 0.15) is 176 Å². The van der Waals surface area contributed by atoms with E-state index in [1.54, 1.807) is 40.0 Å². The molecule has 1 rings (SSSR count). The summed E-state index contributed by atoms with van der Waals surface area (Å²) in [6, 6.07) is -6.43. The van der Waals surface area contributed by atoms with E-state index in [0.29, 0.717) is 32.4 Å². The number of likely N-dealkylation sites (tertiary alicyclic amines) is 1. The lowest BCUT2D eigenvalue weighted by molar-refractivity contribution is -0.140. The standard InChI is InChI=1S/C61H107N11O12/c1-20-38(9)25-26-48(75)72-34-40(11)32-46(72)54(80)66-45(31-39(10)23-22-24-42(73)21-2)52(78)68-49(50(76)37(7)8)55(81)70-60(15,16)57(83)67-43(29-35(3)4)51(77)65-44(30-36(5)6)53(79)69-61(17,18)58(84)71-59(13,14)56(82)63-28-27-47(74)64-41(12)33-62-19/h22,24-26,35-41,43-46,49-50,62,76H,20-21,23,27-34H2,1-19H3,(H,63,82)(H,64,74)(H,65,77)(H,66,80)(H,67,83)(H,68,78)(H,69,79)(H,70,81)(H,71,84). The van der Waals surface area contributed by atoms with E-state index in [2.05, 4.69) is 53.2 Å². The number of allylic oxidation sites excluding steroid dienone is 3. The first-order chi connectivity index (χ1) is 38.8. The minimum atomic E-state index is -1.80. The Balaban J connectivity index is 3.43. The maximum atomic E-state index is 14.5. The van der Waals surface area contributed by atoms with E-state index in [1.807, 2.05) is 62.3 Å². The number of carbonyl (C=O) groups excluding carboxylic acids is 11. The minimum absolute atomic E-state index is 0.00888. The molecule has 0 aromatic heterocycles. The lowest BCUT2D eigenvalue weighted by Gasteiger charge is -2.34. The zero-order valence-corrected chi connectivity index (χ0v) is 54.0. The Morgan fingerprint density at radius 2 is 1.17 bits per heavy atom. The van der Waals surface area contributed by atoms with Crippen molar-refractivity contribution in [1.29, 1.82) is 0 Å². The number of ketones is 1. The predicted molar refractivity (Wildman–Crippen MR) is 324 cm³/mol. The molecule has 478 valence electrons. The smallest absolute Gasteiger partial charge is 0.246 e. The average molecular weight is 1190 g/mol. The summed E-state index contributed by atoms with van der Waals surface area (Å²) in [4.78, 5) is 152. The molecule has 1 heterocycles. The molecule has 0 saturated carbocycles. The van der Waals surface area contributed by atoms with Crippen molar-refractivity contribution in [3.05, 3.63) is 24.3 Å². The van der Waals surface area contributed by atoms with Crippen molar-refractivity contribution in [2.75, 3.05) is 26.7 Å². The van der Waals surface area contributed by atoms with Crippen LogP contribution in [0.5, 0.6) is 0 Å². The van der Waals surface area contributed by atoms with Crippen molar-refractivity contribution in [1.82, 2.24) is 58.1 Å². The molecular formula is C61H107N11O12. The molecule has 10 amide bonds. The van der Waals surface area contributed by atoms with Gasteiger partial charge in [0.2, 0.25) is 59.1 Å². The zero-order valence-electron chi connectivity index (χ0n) is 54.0. The summed E-state index contributed by atoms with van der Waals surface area (Å²) in [6.45, 7) is 31.3. The summed E-state index contributed by atoms with van der Waals surface area (Å²) in [7, 11) is 1.76. The lowest BCUT2D eigenvalue weighted by Crippen LogP contribution is -2.66. The number of likely N-dealkylation sites (N-methyl/N-ethyl adjacent to an activating group) is 1. The number of nitrogens with zero attached hydrogens (tertiary/aromatic N) is 1. The summed E-state index contributed by atoms with van der Waals surface area (Å²) in [5, 5.41) is 39.0. The fourth-order valence-corrected chi connectivity index (χ4v) is 9.13. The molecule has 11 N–H and O–H groups in total. The van der Waals surface area contributed by atoms with Gasteiger partial charge in [0, 0.05) is 38.5 Å². The van der Waals surface area contributed by atoms with Crippen molar-refractivity contribution in [2.45, 2.75) is 235 Å². The molecule has 0 radical (unpaired) electrons. The zero-order chi connectivity index (χ0) is 64.6. The van der Waals surface area contributed by atoms with Crippen LogP contribution in [-0.4, -0.2) is 161 Å². The number of amides is 10. The highest BCUT2D eigenvalue weighted by atomic mass is 16.3. The number of rotatable bonds is 36. The van der Waals surface area contributed by atoms with Crippen LogP contribution in [0, 0.1) is 35.5 Å². The Labute approximate surface area is 500 Å². The van der Waals surface area contributed by atoms with Crippen LogP contribution in [0.15, 0.2) is 24.3 Å². The van der Waals surface area contributed by atoms with Gasteiger partial charge in [-0.2, -0.15) is 0 Å². The highest BCUT2D eigenvalue weighted by Gasteiger charge is 2.43. The molecule has 1 fully saturated rings. The van der Waals surface area contributed by atoms with Crippen molar-refractivity contribution < 1.29 is 57.8 Å². The van der Waals surface area contributed by atoms with E-state index in [-0.39, 0.29) is 85.5 Å². The topological polar surface area (TPSA) is 332 Å². The minimum Gasteiger partial charge on any atom is -0.390 e. The normalized spacial score (nSPS) is 17.8. The second-order valence-electron chi connectivity index (χ2n) is 25.9. The highest BCUT2D eigenvalue weighted by molar-refractivity contribution is 6.00. The van der Waals surface area contributed by atoms with Gasteiger partial charge in [-0.25, -0.2) is 0 Å². The summed E-state index contributed by atoms with van der Waals surface area (Å²) in [5.41, 5.74) is -4.89. The maximum absolute atomic E-state index is 14.5. The predicted octanol–water partition coefficient (Wildman–Crippen LogP) is 2.74. The van der Waals surface area contributed by atoms with Gasteiger partial charge in [0.05, 0.1) is 6.10 Å². The molecule has 84 heavy (non-hydrogen) atoms. The third-order valence-corrected chi connectivity index (χ3v) is 14.6. The fourth-order valence-electron chi connectivity index (χ4n) is 9.13. The molecule has 1 aliphatic rings. The molecule has 0 bridgehead atoms. The number of hydrogen-bond acceptors (Lipinski definition) is 13. The number of aliphatic hydroxyl groups excluding tert-OH is 1. The van der Waals surface area contributed by atoms with Crippen LogP contribution in [-0.2, 0) is 52.7 Å². The lowest BCUT2D eigenvalue weighted by atomic mass is 9.94. The average Bonchev–Trinajstić information content (AvgIpc) is 4.01. The van der Waals surface area contributed by atoms with E-state index >= 15 is 0 Å². The summed E-state index contributed by atoms with van der Waals surface area (Å²) < 4.78 is 0. The van der Waals surface area contributed by atoms with Crippen molar-refractivity contribution in [2.24, 2.45) is 35.5 Å². The summed E-state index contributed by atoms with van der Waals surface area (Å²) in [5.74, 6) is -7.70. The van der Waals surface area contributed by atoms with Crippen LogP contribution in [0.3, 0.4) is 0 Å². The molecule has 1 aliphatic heterocycles. The van der Waals surface area contributed by atoms with E-state index in [4.69, 9.17) is 0 Å². The first-order valence-electron chi connectivity index (χ1n) is 30.1. The van der Waals surface area contributed by atoms with E-state index in [0.717, 1.165) is 6.42 Å². The van der Waals surface area contributed by atoms with Crippen LogP contribution in [0.4, 0.5) is 0 Å². The molecule has 0 aromatic rings. The maximum Gasteiger partial charge on any atom is 0.246 e. The van der Waals surface area contributed by atoms with Crippen LogP contribution >= 0.6 is 0 Å². The van der Waals surface area contributed by atoms with E-state index < -0.39 is 106 Å². The highest BCUT2D eigenvalue weighted by Crippen LogP contribution is 2.25. The van der Waals surface area contributed by atoms with Crippen LogP contribution in [0.25, 0.3) is 0 Å². The molecule has 0 spiro atoms. The Morgan fingerprint density at radius 1 is 0.631 bits per heavy atom. The Hall–Kier alpha value is -6.23. The Kier molecular flexibility index (Phi) is 31.8. The van der Waals surface area contributed by atoms with Gasteiger partial charge in [-0.1, -0.05) is 94.7 Å². The van der Waals surface area contributed by atoms with Crippen molar-refractivity contribution in [3.8, 4) is 0 Å². The third kappa shape index (κ3) is 26.4. The molecular weight excluding hydrogens is 1080 g/mol. The Morgan fingerprint density at radius 3 is 1.71 bits per heavy atom. The summed E-state index contributed by atoms with van der Waals surface area (Å²) in [6.07, 6.45) is 6.98. The molecule has 0 aromatic carbocycles. The summed E-state index contributed by atoms with van der Waals surface area (Å²) >= 11 is 0. The quantitative estimate of drug-likeness (QED) is 0.0403. The van der Waals surface area contributed by atoms with E-state index in [9.17, 15) is 57.8 Å². The molecule has 0 aliphatic carbocycles. The molecule has 23 heteroatoms. The number of nitrogens with one attached hydrogen (secondary N) is 10. The van der Waals surface area contributed by atoms with Gasteiger partial charge in [0.15, 0.2) is 5.78 Å². The Bertz CT molecular complexity index is 2310. The molecule has 10 unspecified atom stereocenters. The SMILES string of the molecule is CCC(=O)C=CCC(C)CC(NC(=O)C1CC(C)CN1C(=O)C=CC(C)CC)C(=O)NC(C(=O)NC(C)(C)C(=O)NC(CC(C)C)C(=O)NC(CC(C)C)C(=O)NC(C)(C)C(=O)NC(C)(C)C(=O)NCCC(=O)NC(C)CNC)C(O)C(C)C. The number of carbonyl (C=O) groups is 11. The van der Waals surface area contributed by atoms with Gasteiger partial charge in [0.1, 0.15) is 46.8 Å². The van der Waals surface area contributed by atoms with E-state index in [1.165, 1.54) is 58.6 Å². The van der Waals surface area contributed by atoms with Gasteiger partial charge >= 0.3 is 0 Å². The van der Waals surface area contributed by atoms with Crippen LogP contribution < -0.4 is 53.2 Å². The van der Waals surface area contributed by atoms with Gasteiger partial charge in [-0.05, 0) is 135 Å². The number of aliphatic hydroxyl groups is 1. The fraction of sp³-hybridized carbons (Fsp3) is 0.754. The van der Waals surface area contributed by atoms with Crippen molar-refractivity contribution >= 4 is 64.9 Å².